The van der Waals surface area contributed by atoms with Crippen molar-refractivity contribution in [1.29, 1.82) is 0 Å². The Morgan fingerprint density at radius 3 is 1.74 bits per heavy atom. The molecule has 0 aliphatic heterocycles. The number of nitrogens with two attached hydrogens (primary N) is 1. The molecule has 0 aliphatic carbocycles. The van der Waals surface area contributed by atoms with E-state index in [0.29, 0.717) is 17.3 Å². The molecule has 5 aromatic rings. The number of sulfone groups is 1. The number of benzene rings is 5. The summed E-state index contributed by atoms with van der Waals surface area (Å²) >= 11 is 5.47. The number of nitrogen functional groups attached to an aromatic ring is 1. The van der Waals surface area contributed by atoms with Gasteiger partial charge in [0.1, 0.15) is 5.75 Å². The molecule has 5 rings (SSSR count). The maximum atomic E-state index is 12.8. The summed E-state index contributed by atoms with van der Waals surface area (Å²) in [6, 6.07) is 18.2. The molecule has 0 radical (unpaired) electrons. The number of phenols is 1. The minimum atomic E-state index is -4.82. The Hall–Kier alpha value is -4.34. The van der Waals surface area contributed by atoms with Crippen LogP contribution in [-0.4, -0.2) is 70.0 Å². The lowest BCUT2D eigenvalue weighted by atomic mass is 10.1. The van der Waals surface area contributed by atoms with E-state index < -0.39 is 61.6 Å². The number of hydrogen-bond acceptors (Lipinski definition) is 11. The lowest BCUT2D eigenvalue weighted by molar-refractivity contribution is 0.102. The van der Waals surface area contributed by atoms with E-state index in [0.717, 1.165) is 29.0 Å². The predicted molar refractivity (Wildman–Crippen MR) is 186 cm³/mol. The Morgan fingerprint density at radius 2 is 1.18 bits per heavy atom. The first kappa shape index (κ1) is 38.5. The Balaban J connectivity index is 0.000000310. The quantitative estimate of drug-likeness (QED) is 0.0697. The highest BCUT2D eigenvalue weighted by Gasteiger charge is 2.21. The van der Waals surface area contributed by atoms with E-state index in [1.54, 1.807) is 24.3 Å². The van der Waals surface area contributed by atoms with Gasteiger partial charge in [-0.1, -0.05) is 24.3 Å². The monoisotopic (exact) mass is 786 g/mol. The molecular weight excluding hydrogens is 760 g/mol. The van der Waals surface area contributed by atoms with Gasteiger partial charge in [0.05, 0.1) is 31.9 Å². The summed E-state index contributed by atoms with van der Waals surface area (Å²) in [6.07, 6.45) is 0. The first-order valence-electron chi connectivity index (χ1n) is 13.8. The van der Waals surface area contributed by atoms with Crippen LogP contribution in [0.15, 0.2) is 99.6 Å². The van der Waals surface area contributed by atoms with E-state index >= 15 is 0 Å². The fourth-order valence-corrected chi connectivity index (χ4v) is 8.01. The van der Waals surface area contributed by atoms with Crippen molar-refractivity contribution in [1.82, 2.24) is 0 Å². The molecule has 0 unspecified atom stereocenters. The second kappa shape index (κ2) is 14.5. The number of carbonyl (C=O) groups is 1. The molecule has 0 heterocycles. The highest BCUT2D eigenvalue weighted by atomic mass is 35.5. The van der Waals surface area contributed by atoms with Gasteiger partial charge in [-0.05, 0) is 76.3 Å². The van der Waals surface area contributed by atoms with Crippen molar-refractivity contribution < 1.29 is 57.2 Å². The maximum Gasteiger partial charge on any atom is 0.294 e. The summed E-state index contributed by atoms with van der Waals surface area (Å²) in [5, 5.41) is 13.9. The molecule has 1 amide bonds. The van der Waals surface area contributed by atoms with Gasteiger partial charge in [0.15, 0.2) is 9.84 Å². The Morgan fingerprint density at radius 1 is 0.660 bits per heavy atom. The minimum Gasteiger partial charge on any atom is -0.507 e. The average Bonchev–Trinajstić information content (AvgIpc) is 2.99. The van der Waals surface area contributed by atoms with Crippen LogP contribution in [0.3, 0.4) is 0 Å². The third kappa shape index (κ3) is 9.67. The van der Waals surface area contributed by atoms with Gasteiger partial charge >= 0.3 is 0 Å². The predicted octanol–water partition coefficient (Wildman–Crippen LogP) is 4.11. The molecule has 0 saturated heterocycles. The molecule has 20 heteroatoms. The van der Waals surface area contributed by atoms with Gasteiger partial charge in [-0.15, -0.1) is 11.6 Å². The van der Waals surface area contributed by atoms with Crippen molar-refractivity contribution in [3.8, 4) is 5.75 Å². The highest BCUT2D eigenvalue weighted by Crippen LogP contribution is 2.37. The van der Waals surface area contributed by atoms with Crippen molar-refractivity contribution in [2.45, 2.75) is 20.4 Å². The van der Waals surface area contributed by atoms with E-state index in [-0.39, 0.29) is 44.3 Å². The molecule has 0 saturated carbocycles. The van der Waals surface area contributed by atoms with Crippen LogP contribution in [0.25, 0.3) is 21.5 Å². The van der Waals surface area contributed by atoms with Gasteiger partial charge in [0.25, 0.3) is 36.3 Å². The summed E-state index contributed by atoms with van der Waals surface area (Å²) < 4.78 is 119. The van der Waals surface area contributed by atoms with E-state index in [2.05, 4.69) is 5.32 Å². The topological polar surface area (TPSA) is 273 Å². The molecule has 0 bridgehead atoms. The Bertz CT molecular complexity index is 2570. The van der Waals surface area contributed by atoms with Crippen molar-refractivity contribution in [2.75, 3.05) is 22.7 Å². The van der Waals surface area contributed by atoms with Crippen LogP contribution < -0.4 is 11.1 Å². The zero-order chi connectivity index (χ0) is 37.2. The second-order valence-electron chi connectivity index (χ2n) is 10.6. The largest absolute Gasteiger partial charge is 0.507 e. The SMILES string of the molecule is Nc1ccc2cc(S(=O)(=O)O)ccc2c1.O=C(Nc1cc(S(=O)(=O)O)cc2cc(S(=O)(=O)O)cc(O)c12)c1ccc(CS(=O)(=O)CCCl)cc1. The van der Waals surface area contributed by atoms with Gasteiger partial charge < -0.3 is 16.2 Å². The Kier molecular flexibility index (Phi) is 11.1. The number of anilines is 2. The molecule has 0 fully saturated rings. The molecule has 0 aliphatic rings. The summed E-state index contributed by atoms with van der Waals surface area (Å²) in [4.78, 5) is 11.2. The van der Waals surface area contributed by atoms with Crippen LogP contribution in [-0.2, 0) is 45.9 Å². The van der Waals surface area contributed by atoms with Gasteiger partial charge in [-0.3, -0.25) is 18.5 Å². The summed E-state index contributed by atoms with van der Waals surface area (Å²) in [5.41, 5.74) is 6.36. The van der Waals surface area contributed by atoms with Gasteiger partial charge in [0, 0.05) is 28.6 Å². The lowest BCUT2D eigenvalue weighted by Crippen LogP contribution is -2.14. The third-order valence-corrected chi connectivity index (χ3v) is 11.5. The molecule has 7 N–H and O–H groups in total. The normalized spacial score (nSPS) is 12.3. The molecule has 0 aromatic heterocycles. The van der Waals surface area contributed by atoms with Crippen molar-refractivity contribution in [3.63, 3.8) is 0 Å². The number of halogens is 1. The zero-order valence-electron chi connectivity index (χ0n) is 25.3. The number of hydrogen-bond donors (Lipinski definition) is 6. The van der Waals surface area contributed by atoms with Crippen LogP contribution in [0, 0.1) is 0 Å². The highest BCUT2D eigenvalue weighted by molar-refractivity contribution is 7.90. The smallest absolute Gasteiger partial charge is 0.294 e. The maximum absolute atomic E-state index is 12.8. The zero-order valence-corrected chi connectivity index (χ0v) is 29.3. The average molecular weight is 787 g/mol. The van der Waals surface area contributed by atoms with E-state index in [1.165, 1.54) is 36.4 Å². The van der Waals surface area contributed by atoms with Gasteiger partial charge in [-0.25, -0.2) is 8.42 Å². The number of carbonyl (C=O) groups excluding carboxylic acids is 1. The van der Waals surface area contributed by atoms with Crippen LogP contribution in [0.2, 0.25) is 0 Å². The molecule has 0 spiro atoms. The van der Waals surface area contributed by atoms with E-state index in [1.807, 2.05) is 0 Å². The van der Waals surface area contributed by atoms with E-state index in [9.17, 15) is 52.7 Å². The number of alkyl halides is 1. The third-order valence-electron chi connectivity index (χ3n) is 6.94. The molecule has 15 nitrogen and oxygen atoms in total. The van der Waals surface area contributed by atoms with Crippen molar-refractivity contribution in [2.24, 2.45) is 0 Å². The minimum absolute atomic E-state index is 0.0444. The first-order valence-corrected chi connectivity index (χ1v) is 20.4. The fraction of sp³-hybridized carbons (Fsp3) is 0.100. The van der Waals surface area contributed by atoms with E-state index in [4.69, 9.17) is 21.9 Å². The lowest BCUT2D eigenvalue weighted by Gasteiger charge is -2.13. The molecule has 266 valence electrons. The number of amides is 1. The standard InChI is InChI=1S/C20H18ClNO10S3.C10H9NO3S/c21-5-6-33(25,26)11-12-1-3-13(4-2-12)20(24)22-17-9-15(34(27,28)29)7-14-8-16(35(30,31)32)10-18(23)19(14)17;11-9-3-1-8-6-10(15(12,13)14)4-2-7(8)5-9/h1-4,7-10,23H,5-6,11H2,(H,22,24)(H,27,28,29)(H,30,31,32);1-6H,11H2,(H,12,13,14). The number of nitrogens with one attached hydrogen (secondary N) is 1. The Labute approximate surface area is 291 Å². The molecular formula is C30H27ClN2O13S4. The first-order chi connectivity index (χ1) is 23.1. The van der Waals surface area contributed by atoms with Gasteiger partial charge in [0.2, 0.25) is 0 Å². The van der Waals surface area contributed by atoms with Crippen LogP contribution >= 0.6 is 11.6 Å². The fourth-order valence-electron chi connectivity index (χ4n) is 4.63. The van der Waals surface area contributed by atoms with Crippen LogP contribution in [0.5, 0.6) is 5.75 Å². The number of rotatable bonds is 9. The number of aromatic hydroxyl groups is 1. The summed E-state index contributed by atoms with van der Waals surface area (Å²) in [6.45, 7) is 0. The molecule has 0 atom stereocenters. The number of phenolic OH excluding ortho intramolecular Hbond substituents is 1. The summed E-state index contributed by atoms with van der Waals surface area (Å²) in [7, 11) is -17.2. The molecule has 5 aromatic carbocycles. The molecule has 50 heavy (non-hydrogen) atoms. The van der Waals surface area contributed by atoms with Crippen molar-refractivity contribution in [3.05, 3.63) is 96.1 Å². The second-order valence-corrected chi connectivity index (χ2v) is 17.5. The van der Waals surface area contributed by atoms with Crippen molar-refractivity contribution >= 4 is 90.6 Å². The number of fused-ring (bicyclic) bond motifs is 2. The van der Waals surface area contributed by atoms with Crippen LogP contribution in [0.1, 0.15) is 15.9 Å². The van der Waals surface area contributed by atoms with Crippen LogP contribution in [0.4, 0.5) is 11.4 Å². The summed E-state index contributed by atoms with van der Waals surface area (Å²) in [5.74, 6) is -2.04. The van der Waals surface area contributed by atoms with Gasteiger partial charge in [-0.2, -0.15) is 25.3 Å².